The molecular weight excluding hydrogens is 858 g/mol. The molecule has 1 heterocycles. The second-order valence-corrected chi connectivity index (χ2v) is 18.8. The highest BCUT2D eigenvalue weighted by molar-refractivity contribution is 7.90. The van der Waals surface area contributed by atoms with Gasteiger partial charge in [0.2, 0.25) is 0 Å². The number of hydrogen-bond acceptors (Lipinski definition) is 10. The van der Waals surface area contributed by atoms with Crippen molar-refractivity contribution < 1.29 is 52.2 Å². The van der Waals surface area contributed by atoms with Gasteiger partial charge in [-0.2, -0.15) is 5.26 Å². The summed E-state index contributed by atoms with van der Waals surface area (Å²) in [6.07, 6.45) is 3.10. The molecule has 14 nitrogen and oxygen atoms in total. The van der Waals surface area contributed by atoms with Gasteiger partial charge in [-0.25, -0.2) is 13.2 Å². The second-order valence-electron chi connectivity index (χ2n) is 14.7. The van der Waals surface area contributed by atoms with E-state index in [0.717, 1.165) is 49.2 Å². The number of piperidine rings is 1. The summed E-state index contributed by atoms with van der Waals surface area (Å²) in [6, 6.07) is 24.0. The van der Waals surface area contributed by atoms with E-state index in [1.165, 1.54) is 11.6 Å². The molecule has 0 bridgehead atoms. The van der Waals surface area contributed by atoms with Gasteiger partial charge in [0.15, 0.2) is 15.4 Å². The predicted octanol–water partition coefficient (Wildman–Crippen LogP) is 6.04. The van der Waals surface area contributed by atoms with Crippen molar-refractivity contribution in [2.75, 3.05) is 45.7 Å². The highest BCUT2D eigenvalue weighted by Gasteiger charge is 2.41. The molecule has 4 aromatic carbocycles. The number of carboxylic acids is 3. The molecule has 5 rings (SSSR count). The fourth-order valence-corrected chi connectivity index (χ4v) is 9.56. The van der Waals surface area contributed by atoms with Crippen molar-refractivity contribution >= 4 is 78.4 Å². The van der Waals surface area contributed by atoms with Crippen LogP contribution in [-0.2, 0) is 35.0 Å². The Bertz CT molecular complexity index is 2430. The van der Waals surface area contributed by atoms with Crippen molar-refractivity contribution in [3.05, 3.63) is 105 Å². The van der Waals surface area contributed by atoms with E-state index in [-0.39, 0.29) is 28.5 Å². The minimum atomic E-state index is -3.92. The molecule has 2 atom stereocenters. The minimum Gasteiger partial charge on any atom is -0.481 e. The molecule has 0 saturated carbocycles. The van der Waals surface area contributed by atoms with Gasteiger partial charge in [-0.05, 0) is 91.0 Å². The number of fused-ring (bicyclic) bond motifs is 1. The van der Waals surface area contributed by atoms with E-state index in [1.54, 1.807) is 48.5 Å². The van der Waals surface area contributed by atoms with Crippen LogP contribution < -0.4 is 0 Å². The van der Waals surface area contributed by atoms with Crippen LogP contribution in [0, 0.1) is 11.3 Å². The lowest BCUT2D eigenvalue weighted by molar-refractivity contribution is -0.170. The number of aliphatic carboxylic acids is 3. The van der Waals surface area contributed by atoms with Crippen LogP contribution in [0.5, 0.6) is 0 Å². The molecule has 1 unspecified atom stereocenters. The first-order valence-electron chi connectivity index (χ1n) is 18.6. The number of carboxylic acid groups (broad SMARTS) is 3. The average Bonchev–Trinajstić information content (AvgIpc) is 3.18. The number of aliphatic hydroxyl groups is 1. The molecule has 1 fully saturated rings. The lowest BCUT2D eigenvalue weighted by atomic mass is 9.88. The number of nitrogens with zero attached hydrogens (tertiary/aromatic N) is 3. The fraction of sp³-hybridized carbons (Fsp3) is 0.357. The molecule has 18 heteroatoms. The van der Waals surface area contributed by atoms with Crippen LogP contribution in [0.4, 0.5) is 0 Å². The third kappa shape index (κ3) is 12.1. The normalized spacial score (nSPS) is 14.6. The largest absolute Gasteiger partial charge is 0.481 e. The summed E-state index contributed by atoms with van der Waals surface area (Å²) < 4.78 is 38.3. The van der Waals surface area contributed by atoms with Crippen molar-refractivity contribution in [2.24, 2.45) is 0 Å². The summed E-state index contributed by atoms with van der Waals surface area (Å²) in [5.74, 6) is -5.28. The molecule has 0 aliphatic carbocycles. The molecule has 1 amide bonds. The monoisotopic (exact) mass is 901 g/mol. The number of benzene rings is 4. The number of carbonyl (C=O) groups excluding carboxylic acids is 1. The quantitative estimate of drug-likeness (QED) is 0.107. The first kappa shape index (κ1) is 47.8. The lowest BCUT2D eigenvalue weighted by Gasteiger charge is -2.34. The van der Waals surface area contributed by atoms with Crippen molar-refractivity contribution in [1.82, 2.24) is 9.80 Å². The van der Waals surface area contributed by atoms with E-state index in [0.29, 0.717) is 33.2 Å². The second kappa shape index (κ2) is 20.6. The number of nitriles is 1. The number of carbonyl (C=O) groups is 4. The molecule has 320 valence electrons. The maximum Gasteiger partial charge on any atom is 0.336 e. The van der Waals surface area contributed by atoms with Gasteiger partial charge in [-0.1, -0.05) is 71.7 Å². The smallest absolute Gasteiger partial charge is 0.336 e. The number of amides is 1. The lowest BCUT2D eigenvalue weighted by Crippen LogP contribution is -2.42. The van der Waals surface area contributed by atoms with Gasteiger partial charge in [-0.3, -0.25) is 18.6 Å². The summed E-state index contributed by atoms with van der Waals surface area (Å²) >= 11 is 12.7. The Morgan fingerprint density at radius 3 is 2.10 bits per heavy atom. The summed E-state index contributed by atoms with van der Waals surface area (Å²) in [6.45, 7) is 2.85. The molecule has 0 radical (unpaired) electrons. The van der Waals surface area contributed by atoms with Gasteiger partial charge in [0.25, 0.3) is 5.91 Å². The number of rotatable bonds is 15. The summed E-state index contributed by atoms with van der Waals surface area (Å²) in [4.78, 5) is 49.3. The predicted molar refractivity (Wildman–Crippen MR) is 227 cm³/mol. The van der Waals surface area contributed by atoms with Gasteiger partial charge >= 0.3 is 17.9 Å². The Morgan fingerprint density at radius 2 is 1.55 bits per heavy atom. The molecule has 4 N–H and O–H groups in total. The molecule has 4 aromatic rings. The molecular formula is C42H45Cl2N3O11S2. The van der Waals surface area contributed by atoms with Crippen LogP contribution in [-0.4, -0.2) is 118 Å². The third-order valence-corrected chi connectivity index (χ3v) is 13.2. The number of likely N-dealkylation sites (N-methyl/N-ethyl adjacent to an activating group) is 1. The van der Waals surface area contributed by atoms with E-state index in [2.05, 4.69) is 11.0 Å². The minimum absolute atomic E-state index is 0.00732. The standard InChI is InChI=1S/C36H37Cl2N3O4S2.C6H8O7/c1-40(36(42)34-30-10-5-4-8-26(30)20-28(22-39)35(34)47(3,44)45)23-27(25-12-13-31(37)32(38)21-25)16-19-41-17-14-24(15-18-41)29-9-6-7-11-33(29)46(2)43;7-3(8)1-6(13,5(11)12)2-4(9)10/h4-13,20-21,24,27H,14-19,23H2,1-3H3;13H,1-2H2,(H,7,8)(H,9,10)(H,11,12)/t27?,46-;/m0./s1. The van der Waals surface area contributed by atoms with E-state index in [4.69, 9.17) is 43.6 Å². The molecule has 1 aliphatic rings. The van der Waals surface area contributed by atoms with Crippen LogP contribution in [0.25, 0.3) is 10.8 Å². The van der Waals surface area contributed by atoms with Gasteiger partial charge in [0.05, 0.1) is 49.7 Å². The highest BCUT2D eigenvalue weighted by atomic mass is 35.5. The number of sulfone groups is 1. The SMILES string of the molecule is CN(CC(CCN1CCC(c2ccccc2[S@](C)=O)CC1)c1ccc(Cl)c(Cl)c1)C(=O)c1c(S(C)(=O)=O)c(C#N)cc2ccccc12.O=C(O)CC(O)(CC(=O)O)C(=O)O. The van der Waals surface area contributed by atoms with Gasteiger partial charge in [-0.15, -0.1) is 0 Å². The fourth-order valence-electron chi connectivity index (χ4n) is 7.34. The Hall–Kier alpha value is -4.89. The Morgan fingerprint density at radius 1 is 0.950 bits per heavy atom. The maximum atomic E-state index is 14.2. The molecule has 1 saturated heterocycles. The van der Waals surface area contributed by atoms with E-state index in [9.17, 15) is 37.1 Å². The number of halogens is 2. The van der Waals surface area contributed by atoms with Crippen molar-refractivity contribution in [3.63, 3.8) is 0 Å². The van der Waals surface area contributed by atoms with Crippen LogP contribution in [0.1, 0.15) is 71.0 Å². The first-order chi connectivity index (χ1) is 28.2. The third-order valence-electron chi connectivity index (χ3n) is 10.3. The van der Waals surface area contributed by atoms with Crippen molar-refractivity contribution in [3.8, 4) is 6.07 Å². The number of likely N-dealkylation sites (tertiary alicyclic amines) is 1. The Labute approximate surface area is 360 Å². The highest BCUT2D eigenvalue weighted by Crippen LogP contribution is 2.35. The van der Waals surface area contributed by atoms with Gasteiger partial charge in [0, 0.05) is 36.9 Å². The Kier molecular flexibility index (Phi) is 16.4. The summed E-state index contributed by atoms with van der Waals surface area (Å²) in [7, 11) is -3.30. The number of hydrogen-bond donors (Lipinski definition) is 4. The Balaban J connectivity index is 0.000000526. The maximum absolute atomic E-state index is 14.2. The van der Waals surface area contributed by atoms with E-state index >= 15 is 0 Å². The zero-order valence-corrected chi connectivity index (χ0v) is 36.2. The van der Waals surface area contributed by atoms with Gasteiger partial charge in [0.1, 0.15) is 6.07 Å². The molecule has 0 aromatic heterocycles. The summed E-state index contributed by atoms with van der Waals surface area (Å²) in [5.41, 5.74) is -0.693. The van der Waals surface area contributed by atoms with Crippen LogP contribution >= 0.6 is 23.2 Å². The molecule has 1 aliphatic heterocycles. The zero-order chi connectivity index (χ0) is 44.5. The molecule has 60 heavy (non-hydrogen) atoms. The van der Waals surface area contributed by atoms with Crippen LogP contribution in [0.15, 0.2) is 82.6 Å². The molecule has 0 spiro atoms. The topological polar surface area (TPSA) is 231 Å². The van der Waals surface area contributed by atoms with Crippen LogP contribution in [0.2, 0.25) is 10.0 Å². The van der Waals surface area contributed by atoms with E-state index < -0.39 is 62.9 Å². The average molecular weight is 903 g/mol. The van der Waals surface area contributed by atoms with Crippen LogP contribution in [0.3, 0.4) is 0 Å². The summed E-state index contributed by atoms with van der Waals surface area (Å²) in [5, 5.41) is 45.6. The van der Waals surface area contributed by atoms with E-state index in [1.807, 2.05) is 36.4 Å². The van der Waals surface area contributed by atoms with Crippen molar-refractivity contribution in [2.45, 2.75) is 59.3 Å². The van der Waals surface area contributed by atoms with Gasteiger partial charge < -0.3 is 30.2 Å². The van der Waals surface area contributed by atoms with Crippen molar-refractivity contribution in [1.29, 1.82) is 5.26 Å². The first-order valence-corrected chi connectivity index (χ1v) is 22.8. The zero-order valence-electron chi connectivity index (χ0n) is 33.0.